The monoisotopic (exact) mass is 430 g/mol. The molecule has 3 heterocycles. The quantitative estimate of drug-likeness (QED) is 0.618. The van der Waals surface area contributed by atoms with E-state index in [0.717, 1.165) is 0 Å². The number of nitrogens with zero attached hydrogens (tertiary/aromatic N) is 5. The first-order valence-electron chi connectivity index (χ1n) is 9.05. The van der Waals surface area contributed by atoms with Gasteiger partial charge in [-0.25, -0.2) is 4.98 Å². The molecule has 31 heavy (non-hydrogen) atoms. The first-order chi connectivity index (χ1) is 14.7. The lowest BCUT2D eigenvalue weighted by Crippen LogP contribution is -2.20. The van der Waals surface area contributed by atoms with Crippen molar-refractivity contribution in [1.29, 1.82) is 5.26 Å². The van der Waals surface area contributed by atoms with E-state index in [9.17, 15) is 18.0 Å². The van der Waals surface area contributed by atoms with Crippen LogP contribution in [-0.2, 0) is 17.8 Å². The van der Waals surface area contributed by atoms with Crippen molar-refractivity contribution < 1.29 is 22.7 Å². The lowest BCUT2D eigenvalue weighted by atomic mass is 10.1. The number of halogens is 3. The molecule has 3 rings (SSSR count). The Morgan fingerprint density at radius 1 is 1.26 bits per heavy atom. The van der Waals surface area contributed by atoms with Gasteiger partial charge in [-0.05, 0) is 30.7 Å². The predicted octanol–water partition coefficient (Wildman–Crippen LogP) is 3.02. The third-order valence-electron chi connectivity index (χ3n) is 4.01. The second-order valence-corrected chi connectivity index (χ2v) is 6.64. The van der Waals surface area contributed by atoms with Gasteiger partial charge in [-0.3, -0.25) is 14.5 Å². The zero-order valence-electron chi connectivity index (χ0n) is 16.3. The van der Waals surface area contributed by atoms with Crippen molar-refractivity contribution in [2.75, 3.05) is 11.9 Å². The van der Waals surface area contributed by atoms with Gasteiger partial charge in [0.05, 0.1) is 24.2 Å². The second-order valence-electron chi connectivity index (χ2n) is 6.64. The summed E-state index contributed by atoms with van der Waals surface area (Å²) in [7, 11) is 0. The van der Waals surface area contributed by atoms with Crippen molar-refractivity contribution in [3.05, 3.63) is 65.2 Å². The number of hydrogen-bond acceptors (Lipinski definition) is 6. The van der Waals surface area contributed by atoms with Crippen molar-refractivity contribution >= 4 is 11.7 Å². The van der Waals surface area contributed by atoms with Gasteiger partial charge < -0.3 is 10.1 Å². The summed E-state index contributed by atoms with van der Waals surface area (Å²) in [5, 5.41) is 15.7. The van der Waals surface area contributed by atoms with Crippen molar-refractivity contribution in [3.63, 3.8) is 0 Å². The van der Waals surface area contributed by atoms with Crippen LogP contribution in [0.5, 0.6) is 5.88 Å². The largest absolute Gasteiger partial charge is 0.468 e. The Labute approximate surface area is 175 Å². The van der Waals surface area contributed by atoms with Gasteiger partial charge in [0.15, 0.2) is 12.4 Å². The van der Waals surface area contributed by atoms with Crippen LogP contribution in [0.1, 0.15) is 22.4 Å². The van der Waals surface area contributed by atoms with Crippen LogP contribution in [0.25, 0.3) is 0 Å². The molecule has 0 atom stereocenters. The Balaban J connectivity index is 1.55. The van der Waals surface area contributed by atoms with Crippen LogP contribution in [0.2, 0.25) is 0 Å². The average Bonchev–Trinajstić information content (AvgIpc) is 3.13. The SMILES string of the molecule is Cc1cc(CC(=O)Nc2ccn(Cc3ccc(C#N)cn3)n2)cnc1OCC(F)(F)F. The molecule has 0 aromatic carbocycles. The van der Waals surface area contributed by atoms with Gasteiger partial charge >= 0.3 is 6.18 Å². The van der Waals surface area contributed by atoms with E-state index < -0.39 is 12.8 Å². The summed E-state index contributed by atoms with van der Waals surface area (Å²) < 4.78 is 43.0. The molecule has 0 unspecified atom stereocenters. The van der Waals surface area contributed by atoms with E-state index in [4.69, 9.17) is 5.26 Å². The highest BCUT2D eigenvalue weighted by Gasteiger charge is 2.29. The Morgan fingerprint density at radius 3 is 2.71 bits per heavy atom. The Morgan fingerprint density at radius 2 is 2.06 bits per heavy atom. The number of carbonyl (C=O) groups is 1. The Bertz CT molecular complexity index is 1100. The molecule has 0 spiro atoms. The van der Waals surface area contributed by atoms with E-state index in [1.165, 1.54) is 12.4 Å². The maximum atomic E-state index is 12.3. The third kappa shape index (κ3) is 6.53. The van der Waals surface area contributed by atoms with Crippen molar-refractivity contribution in [1.82, 2.24) is 19.7 Å². The van der Waals surface area contributed by atoms with Crippen LogP contribution < -0.4 is 10.1 Å². The van der Waals surface area contributed by atoms with Gasteiger partial charge in [0.25, 0.3) is 0 Å². The number of anilines is 1. The number of pyridine rings is 2. The molecule has 3 aromatic heterocycles. The number of rotatable bonds is 7. The number of ether oxygens (including phenoxy) is 1. The summed E-state index contributed by atoms with van der Waals surface area (Å²) >= 11 is 0. The maximum absolute atomic E-state index is 12.3. The normalized spacial score (nSPS) is 11.1. The van der Waals surface area contributed by atoms with E-state index in [1.807, 2.05) is 6.07 Å². The predicted molar refractivity (Wildman–Crippen MR) is 103 cm³/mol. The van der Waals surface area contributed by atoms with Crippen LogP contribution in [0.4, 0.5) is 19.0 Å². The number of alkyl halides is 3. The molecule has 0 saturated carbocycles. The Kier molecular flexibility index (Phi) is 6.49. The zero-order chi connectivity index (χ0) is 22.4. The van der Waals surface area contributed by atoms with Gasteiger partial charge in [-0.1, -0.05) is 0 Å². The molecule has 3 aromatic rings. The summed E-state index contributed by atoms with van der Waals surface area (Å²) in [6.07, 6.45) is -0.0396. The van der Waals surface area contributed by atoms with Gasteiger partial charge in [-0.2, -0.15) is 23.5 Å². The number of hydrogen-bond donors (Lipinski definition) is 1. The summed E-state index contributed by atoms with van der Waals surface area (Å²) in [4.78, 5) is 20.3. The fourth-order valence-electron chi connectivity index (χ4n) is 2.66. The molecule has 160 valence electrons. The van der Waals surface area contributed by atoms with Crippen LogP contribution >= 0.6 is 0 Å². The molecule has 0 fully saturated rings. The highest BCUT2D eigenvalue weighted by molar-refractivity contribution is 5.91. The van der Waals surface area contributed by atoms with E-state index in [-0.39, 0.29) is 18.2 Å². The van der Waals surface area contributed by atoms with E-state index in [2.05, 4.69) is 25.1 Å². The summed E-state index contributed by atoms with van der Waals surface area (Å²) in [6.45, 7) is 0.490. The number of aryl methyl sites for hydroxylation is 1. The molecule has 1 amide bonds. The van der Waals surface area contributed by atoms with E-state index in [1.54, 1.807) is 42.1 Å². The van der Waals surface area contributed by atoms with Crippen molar-refractivity contribution in [3.8, 4) is 11.9 Å². The number of amides is 1. The summed E-state index contributed by atoms with van der Waals surface area (Å²) in [5.41, 5.74) is 2.08. The average molecular weight is 430 g/mol. The lowest BCUT2D eigenvalue weighted by molar-refractivity contribution is -0.154. The standard InChI is InChI=1S/C20H17F3N6O2/c1-13-6-15(10-26-19(13)31-12-20(21,22)23)7-18(30)27-17-4-5-29(28-17)11-16-3-2-14(8-24)9-25-16/h2-6,9-10H,7,11-12H2,1H3,(H,27,28,30). The van der Waals surface area contributed by atoms with Gasteiger partial charge in [0.2, 0.25) is 11.8 Å². The molecular weight excluding hydrogens is 413 g/mol. The van der Waals surface area contributed by atoms with E-state index >= 15 is 0 Å². The van der Waals surface area contributed by atoms with Crippen LogP contribution in [-0.4, -0.2) is 38.4 Å². The fraction of sp³-hybridized carbons (Fsp3) is 0.250. The van der Waals surface area contributed by atoms with Gasteiger partial charge in [0, 0.05) is 30.2 Å². The Hall–Kier alpha value is -3.94. The minimum Gasteiger partial charge on any atom is -0.468 e. The smallest absolute Gasteiger partial charge is 0.422 e. The molecule has 0 saturated heterocycles. The van der Waals surface area contributed by atoms with E-state index in [0.29, 0.717) is 34.7 Å². The lowest BCUT2D eigenvalue weighted by Gasteiger charge is -2.11. The summed E-state index contributed by atoms with van der Waals surface area (Å²) in [6, 6.07) is 8.54. The van der Waals surface area contributed by atoms with Gasteiger partial charge in [-0.15, -0.1) is 0 Å². The molecule has 0 aliphatic heterocycles. The van der Waals surface area contributed by atoms with Crippen LogP contribution in [0.3, 0.4) is 0 Å². The van der Waals surface area contributed by atoms with Crippen molar-refractivity contribution in [2.45, 2.75) is 26.1 Å². The third-order valence-corrected chi connectivity index (χ3v) is 4.01. The van der Waals surface area contributed by atoms with Crippen LogP contribution in [0, 0.1) is 18.3 Å². The molecule has 1 N–H and O–H groups in total. The minimum atomic E-state index is -4.45. The fourth-order valence-corrected chi connectivity index (χ4v) is 2.66. The molecule has 0 aliphatic carbocycles. The number of nitriles is 1. The number of aromatic nitrogens is 4. The first-order valence-corrected chi connectivity index (χ1v) is 9.05. The molecule has 0 bridgehead atoms. The highest BCUT2D eigenvalue weighted by Crippen LogP contribution is 2.20. The summed E-state index contributed by atoms with van der Waals surface area (Å²) in [5.74, 6) is -0.142. The zero-order valence-corrected chi connectivity index (χ0v) is 16.3. The minimum absolute atomic E-state index is 0.0303. The molecular formula is C20H17F3N6O2. The maximum Gasteiger partial charge on any atom is 0.422 e. The topological polar surface area (TPSA) is 106 Å². The number of nitrogens with one attached hydrogen (secondary N) is 1. The number of carbonyl (C=O) groups excluding carboxylic acids is 1. The molecule has 0 aliphatic rings. The van der Waals surface area contributed by atoms with Crippen molar-refractivity contribution in [2.24, 2.45) is 0 Å². The highest BCUT2D eigenvalue weighted by atomic mass is 19.4. The molecule has 8 nitrogen and oxygen atoms in total. The van der Waals surface area contributed by atoms with Crippen LogP contribution in [0.15, 0.2) is 42.9 Å². The van der Waals surface area contributed by atoms with Gasteiger partial charge in [0.1, 0.15) is 6.07 Å². The molecule has 11 heteroatoms. The second kappa shape index (κ2) is 9.25. The first kappa shape index (κ1) is 21.8. The molecule has 0 radical (unpaired) electrons.